The van der Waals surface area contributed by atoms with Gasteiger partial charge in [-0.2, -0.15) is 0 Å². The van der Waals surface area contributed by atoms with Crippen molar-refractivity contribution in [2.45, 2.75) is 32.2 Å². The minimum atomic E-state index is -0.656. The van der Waals surface area contributed by atoms with Gasteiger partial charge in [0.25, 0.3) is 5.91 Å². The summed E-state index contributed by atoms with van der Waals surface area (Å²) < 4.78 is 18.9. The average molecular weight is 281 g/mol. The molecule has 2 unspecified atom stereocenters. The number of ether oxygens (including phenoxy) is 1. The van der Waals surface area contributed by atoms with Crippen LogP contribution >= 0.6 is 0 Å². The van der Waals surface area contributed by atoms with Gasteiger partial charge < -0.3 is 15.2 Å². The van der Waals surface area contributed by atoms with Gasteiger partial charge in [0.1, 0.15) is 0 Å². The molecule has 0 bridgehead atoms. The zero-order chi connectivity index (χ0) is 14.8. The summed E-state index contributed by atoms with van der Waals surface area (Å²) in [5, 5.41) is 12.3. The van der Waals surface area contributed by atoms with E-state index in [1.807, 2.05) is 6.92 Å². The largest absolute Gasteiger partial charge is 0.494 e. The van der Waals surface area contributed by atoms with Crippen molar-refractivity contribution in [3.8, 4) is 5.75 Å². The highest BCUT2D eigenvalue weighted by Gasteiger charge is 2.39. The Morgan fingerprint density at radius 1 is 1.60 bits per heavy atom. The number of methoxy groups -OCH3 is 1. The second-order valence-electron chi connectivity index (χ2n) is 5.55. The van der Waals surface area contributed by atoms with E-state index in [2.05, 4.69) is 5.32 Å². The number of rotatable bonds is 4. The van der Waals surface area contributed by atoms with Crippen molar-refractivity contribution < 1.29 is 19.0 Å². The molecule has 4 nitrogen and oxygen atoms in total. The number of amides is 1. The van der Waals surface area contributed by atoms with Gasteiger partial charge >= 0.3 is 0 Å². The smallest absolute Gasteiger partial charge is 0.254 e. The van der Waals surface area contributed by atoms with Crippen LogP contribution in [0, 0.1) is 11.2 Å². The number of aliphatic hydroxyl groups excluding tert-OH is 1. The summed E-state index contributed by atoms with van der Waals surface area (Å²) in [5.41, 5.74) is -0.359. The van der Waals surface area contributed by atoms with Gasteiger partial charge in [0.15, 0.2) is 11.6 Å². The van der Waals surface area contributed by atoms with Crippen molar-refractivity contribution in [2.24, 2.45) is 5.41 Å². The molecule has 1 aliphatic rings. The van der Waals surface area contributed by atoms with Crippen LogP contribution in [-0.4, -0.2) is 30.8 Å². The van der Waals surface area contributed by atoms with Crippen molar-refractivity contribution in [3.63, 3.8) is 0 Å². The Morgan fingerprint density at radius 3 is 3.00 bits per heavy atom. The molecule has 1 fully saturated rings. The van der Waals surface area contributed by atoms with Gasteiger partial charge in [0, 0.05) is 11.5 Å². The molecular formula is C15H20FNO3. The van der Waals surface area contributed by atoms with Gasteiger partial charge in [0.2, 0.25) is 0 Å². The minimum Gasteiger partial charge on any atom is -0.494 e. The van der Waals surface area contributed by atoms with Crippen LogP contribution in [0.15, 0.2) is 18.2 Å². The van der Waals surface area contributed by atoms with Crippen LogP contribution in [0.25, 0.3) is 0 Å². The molecule has 110 valence electrons. The van der Waals surface area contributed by atoms with Crippen molar-refractivity contribution >= 4 is 5.91 Å². The van der Waals surface area contributed by atoms with Gasteiger partial charge in [0.05, 0.1) is 19.3 Å². The molecule has 1 saturated carbocycles. The minimum absolute atomic E-state index is 0.0124. The molecule has 1 aromatic rings. The molecule has 0 saturated heterocycles. The second kappa shape index (κ2) is 5.79. The highest BCUT2D eigenvalue weighted by molar-refractivity contribution is 5.95. The Morgan fingerprint density at radius 2 is 2.35 bits per heavy atom. The van der Waals surface area contributed by atoms with Crippen LogP contribution in [0.2, 0.25) is 0 Å². The van der Waals surface area contributed by atoms with Gasteiger partial charge in [-0.05, 0) is 25.0 Å². The SMILES string of the molecule is COc1cccc(C(=O)NC2CCCC2(C)CO)c1F. The normalized spacial score (nSPS) is 25.5. The molecule has 0 heterocycles. The molecule has 2 rings (SSSR count). The maximum atomic E-state index is 14.0. The molecule has 5 heteroatoms. The lowest BCUT2D eigenvalue weighted by Gasteiger charge is -2.30. The Kier molecular flexibility index (Phi) is 4.28. The van der Waals surface area contributed by atoms with Crippen LogP contribution in [0.3, 0.4) is 0 Å². The van der Waals surface area contributed by atoms with Crippen LogP contribution in [0.4, 0.5) is 4.39 Å². The van der Waals surface area contributed by atoms with Crippen LogP contribution in [-0.2, 0) is 0 Å². The standard InChI is InChI=1S/C15H20FNO3/c1-15(9-18)8-4-7-12(15)17-14(19)10-5-3-6-11(20-2)13(10)16/h3,5-6,12,18H,4,7-9H2,1-2H3,(H,17,19). The van der Waals surface area contributed by atoms with E-state index in [1.165, 1.54) is 19.2 Å². The van der Waals surface area contributed by atoms with Gasteiger partial charge in [-0.3, -0.25) is 4.79 Å². The van der Waals surface area contributed by atoms with E-state index < -0.39 is 11.7 Å². The van der Waals surface area contributed by atoms with Gasteiger partial charge in [-0.1, -0.05) is 19.4 Å². The summed E-state index contributed by atoms with van der Waals surface area (Å²) in [6.07, 6.45) is 2.60. The maximum Gasteiger partial charge on any atom is 0.254 e. The topological polar surface area (TPSA) is 58.6 Å². The fourth-order valence-electron chi connectivity index (χ4n) is 2.75. The van der Waals surface area contributed by atoms with Crippen molar-refractivity contribution in [2.75, 3.05) is 13.7 Å². The van der Waals surface area contributed by atoms with Crippen LogP contribution < -0.4 is 10.1 Å². The Labute approximate surface area is 117 Å². The first-order valence-electron chi connectivity index (χ1n) is 6.76. The zero-order valence-electron chi connectivity index (χ0n) is 11.8. The summed E-state index contributed by atoms with van der Waals surface area (Å²) in [7, 11) is 1.36. The first kappa shape index (κ1) is 14.8. The third-order valence-corrected chi connectivity index (χ3v) is 4.18. The quantitative estimate of drug-likeness (QED) is 0.888. The fraction of sp³-hybridized carbons (Fsp3) is 0.533. The third kappa shape index (κ3) is 2.63. The van der Waals surface area contributed by atoms with E-state index in [0.29, 0.717) is 0 Å². The fourth-order valence-corrected chi connectivity index (χ4v) is 2.75. The monoisotopic (exact) mass is 281 g/mol. The molecule has 2 N–H and O–H groups in total. The third-order valence-electron chi connectivity index (χ3n) is 4.18. The number of carbonyl (C=O) groups is 1. The molecule has 0 radical (unpaired) electrons. The summed E-state index contributed by atoms with van der Waals surface area (Å²) in [6.45, 7) is 1.95. The Balaban J connectivity index is 2.17. The van der Waals surface area contributed by atoms with E-state index >= 15 is 0 Å². The van der Waals surface area contributed by atoms with Crippen LogP contribution in [0.5, 0.6) is 5.75 Å². The van der Waals surface area contributed by atoms with Crippen molar-refractivity contribution in [3.05, 3.63) is 29.6 Å². The molecule has 1 aliphatic carbocycles. The molecule has 1 amide bonds. The highest BCUT2D eigenvalue weighted by Crippen LogP contribution is 2.37. The van der Waals surface area contributed by atoms with Crippen LogP contribution in [0.1, 0.15) is 36.5 Å². The number of nitrogens with one attached hydrogen (secondary N) is 1. The van der Waals surface area contributed by atoms with Crippen molar-refractivity contribution in [1.29, 1.82) is 0 Å². The predicted molar refractivity (Wildman–Crippen MR) is 73.3 cm³/mol. The number of hydrogen-bond donors (Lipinski definition) is 2. The molecule has 20 heavy (non-hydrogen) atoms. The summed E-state index contributed by atoms with van der Waals surface area (Å²) >= 11 is 0. The molecule has 0 spiro atoms. The molecule has 2 atom stereocenters. The molecule has 0 aromatic heterocycles. The number of halogens is 1. The van der Waals surface area contributed by atoms with E-state index in [0.717, 1.165) is 19.3 Å². The summed E-state index contributed by atoms with van der Waals surface area (Å²) in [6, 6.07) is 4.35. The number of carbonyl (C=O) groups excluding carboxylic acids is 1. The van der Waals surface area contributed by atoms with Gasteiger partial charge in [-0.25, -0.2) is 4.39 Å². The number of hydrogen-bond acceptors (Lipinski definition) is 3. The first-order valence-corrected chi connectivity index (χ1v) is 6.76. The van der Waals surface area contributed by atoms with E-state index in [9.17, 15) is 14.3 Å². The van der Waals surface area contributed by atoms with E-state index in [-0.39, 0.29) is 29.4 Å². The highest BCUT2D eigenvalue weighted by atomic mass is 19.1. The van der Waals surface area contributed by atoms with Crippen molar-refractivity contribution in [1.82, 2.24) is 5.32 Å². The second-order valence-corrected chi connectivity index (χ2v) is 5.55. The molecule has 0 aliphatic heterocycles. The van der Waals surface area contributed by atoms with E-state index in [1.54, 1.807) is 6.07 Å². The Bertz CT molecular complexity index is 506. The maximum absolute atomic E-state index is 14.0. The van der Waals surface area contributed by atoms with E-state index in [4.69, 9.17) is 4.74 Å². The lowest BCUT2D eigenvalue weighted by Crippen LogP contribution is -2.45. The predicted octanol–water partition coefficient (Wildman–Crippen LogP) is 2.12. The zero-order valence-corrected chi connectivity index (χ0v) is 11.8. The molecule has 1 aromatic carbocycles. The molecular weight excluding hydrogens is 261 g/mol. The summed E-state index contributed by atoms with van der Waals surface area (Å²) in [5.74, 6) is -1.07. The Hall–Kier alpha value is -1.62. The van der Waals surface area contributed by atoms with Gasteiger partial charge in [-0.15, -0.1) is 0 Å². The summed E-state index contributed by atoms with van der Waals surface area (Å²) in [4.78, 5) is 12.2. The average Bonchev–Trinajstić information content (AvgIpc) is 2.81. The lowest BCUT2D eigenvalue weighted by atomic mass is 9.85. The lowest BCUT2D eigenvalue weighted by molar-refractivity contribution is 0.0826. The number of benzene rings is 1. The first-order chi connectivity index (χ1) is 9.51. The number of aliphatic hydroxyl groups is 1.